The van der Waals surface area contributed by atoms with Crippen LogP contribution >= 0.6 is 0 Å². The van der Waals surface area contributed by atoms with Crippen LogP contribution < -0.4 is 15.2 Å². The van der Waals surface area contributed by atoms with E-state index < -0.39 is 29.1 Å². The Labute approximate surface area is 118 Å². The minimum Gasteiger partial charge on any atom is -0.480 e. The molecule has 0 saturated heterocycles. The highest BCUT2D eigenvalue weighted by Gasteiger charge is 2.25. The first-order valence-corrected chi connectivity index (χ1v) is 5.82. The molecule has 21 heavy (non-hydrogen) atoms. The number of hydrogen-bond acceptors (Lipinski definition) is 5. The SMILES string of the molecule is COc1cnc(C(N)c2c(F)cc(F)cc2F)c(OC)n1. The number of benzene rings is 1. The number of nitrogens with two attached hydrogens (primary N) is 1. The molecule has 1 unspecified atom stereocenters. The molecule has 0 saturated carbocycles. The van der Waals surface area contributed by atoms with E-state index in [1.807, 2.05) is 0 Å². The van der Waals surface area contributed by atoms with E-state index in [1.165, 1.54) is 20.4 Å². The fourth-order valence-electron chi connectivity index (χ4n) is 1.82. The molecular weight excluding hydrogens is 287 g/mol. The molecule has 1 aromatic heterocycles. The zero-order valence-corrected chi connectivity index (χ0v) is 11.2. The van der Waals surface area contributed by atoms with Gasteiger partial charge in [-0.25, -0.2) is 18.2 Å². The van der Waals surface area contributed by atoms with E-state index in [0.717, 1.165) is 0 Å². The molecule has 0 spiro atoms. The van der Waals surface area contributed by atoms with Gasteiger partial charge in [-0.3, -0.25) is 0 Å². The smallest absolute Gasteiger partial charge is 0.240 e. The van der Waals surface area contributed by atoms with Crippen molar-refractivity contribution in [1.82, 2.24) is 9.97 Å². The monoisotopic (exact) mass is 299 g/mol. The second-order valence-electron chi connectivity index (χ2n) is 4.07. The highest BCUT2D eigenvalue weighted by atomic mass is 19.1. The Balaban J connectivity index is 2.52. The largest absolute Gasteiger partial charge is 0.480 e. The molecule has 0 amide bonds. The summed E-state index contributed by atoms with van der Waals surface area (Å²) in [6, 6.07) is -0.220. The predicted molar refractivity (Wildman–Crippen MR) is 67.5 cm³/mol. The Morgan fingerprint density at radius 1 is 1.10 bits per heavy atom. The minimum absolute atomic E-state index is 0.00251. The van der Waals surface area contributed by atoms with Crippen molar-refractivity contribution in [3.8, 4) is 11.8 Å². The topological polar surface area (TPSA) is 70.3 Å². The zero-order valence-electron chi connectivity index (χ0n) is 11.2. The summed E-state index contributed by atoms with van der Waals surface area (Å²) < 4.78 is 50.3. The first-order valence-electron chi connectivity index (χ1n) is 5.82. The van der Waals surface area contributed by atoms with Crippen molar-refractivity contribution < 1.29 is 22.6 Å². The van der Waals surface area contributed by atoms with Crippen LogP contribution in [0.25, 0.3) is 0 Å². The normalized spacial score (nSPS) is 12.1. The van der Waals surface area contributed by atoms with Gasteiger partial charge in [-0.2, -0.15) is 4.98 Å². The molecule has 5 nitrogen and oxygen atoms in total. The third-order valence-electron chi connectivity index (χ3n) is 2.80. The van der Waals surface area contributed by atoms with Gasteiger partial charge in [0, 0.05) is 17.7 Å². The third-order valence-corrected chi connectivity index (χ3v) is 2.80. The van der Waals surface area contributed by atoms with Crippen LogP contribution in [0, 0.1) is 17.5 Å². The fraction of sp³-hybridized carbons (Fsp3) is 0.231. The van der Waals surface area contributed by atoms with Gasteiger partial charge >= 0.3 is 0 Å². The van der Waals surface area contributed by atoms with E-state index in [9.17, 15) is 13.2 Å². The second-order valence-corrected chi connectivity index (χ2v) is 4.07. The standard InChI is InChI=1S/C13H12F3N3O2/c1-20-9-5-18-12(13(19-9)21-2)11(17)10-7(15)3-6(14)4-8(10)16/h3-5,11H,17H2,1-2H3. The zero-order chi connectivity index (χ0) is 15.6. The van der Waals surface area contributed by atoms with Crippen LogP contribution in [0.3, 0.4) is 0 Å². The average molecular weight is 299 g/mol. The minimum atomic E-state index is -1.31. The number of hydrogen-bond donors (Lipinski definition) is 1. The molecule has 8 heteroatoms. The van der Waals surface area contributed by atoms with Gasteiger partial charge in [-0.1, -0.05) is 0 Å². The second kappa shape index (κ2) is 5.96. The summed E-state index contributed by atoms with van der Waals surface area (Å²) in [6.07, 6.45) is 1.23. The van der Waals surface area contributed by atoms with Crippen LogP contribution in [0.5, 0.6) is 11.8 Å². The Kier molecular flexibility index (Phi) is 4.27. The lowest BCUT2D eigenvalue weighted by Gasteiger charge is -2.16. The van der Waals surface area contributed by atoms with Crippen molar-refractivity contribution in [3.63, 3.8) is 0 Å². The Morgan fingerprint density at radius 2 is 1.71 bits per heavy atom. The van der Waals surface area contributed by atoms with Crippen LogP contribution in [-0.2, 0) is 0 Å². The van der Waals surface area contributed by atoms with Gasteiger partial charge < -0.3 is 15.2 Å². The van der Waals surface area contributed by atoms with E-state index in [-0.39, 0.29) is 17.5 Å². The predicted octanol–water partition coefficient (Wildman–Crippen LogP) is 1.96. The first kappa shape index (κ1) is 15.0. The van der Waals surface area contributed by atoms with Gasteiger partial charge in [0.1, 0.15) is 23.1 Å². The van der Waals surface area contributed by atoms with Gasteiger partial charge in [0.05, 0.1) is 26.5 Å². The quantitative estimate of drug-likeness (QED) is 0.934. The van der Waals surface area contributed by atoms with E-state index in [0.29, 0.717) is 12.1 Å². The van der Waals surface area contributed by atoms with Crippen LogP contribution in [0.4, 0.5) is 13.2 Å². The van der Waals surface area contributed by atoms with Crippen LogP contribution in [-0.4, -0.2) is 24.2 Å². The van der Waals surface area contributed by atoms with Crippen molar-refractivity contribution in [1.29, 1.82) is 0 Å². The number of halogens is 3. The highest BCUT2D eigenvalue weighted by Crippen LogP contribution is 2.29. The van der Waals surface area contributed by atoms with Crippen molar-refractivity contribution in [2.24, 2.45) is 5.73 Å². The Bertz CT molecular complexity index is 644. The molecule has 1 atom stereocenters. The summed E-state index contributed by atoms with van der Waals surface area (Å²) >= 11 is 0. The van der Waals surface area contributed by atoms with Gasteiger partial charge in [0.15, 0.2) is 0 Å². The summed E-state index contributed by atoms with van der Waals surface area (Å²) in [7, 11) is 2.68. The molecule has 0 aliphatic carbocycles. The molecule has 1 heterocycles. The van der Waals surface area contributed by atoms with Gasteiger partial charge in [-0.05, 0) is 0 Å². The van der Waals surface area contributed by atoms with Crippen molar-refractivity contribution >= 4 is 0 Å². The third kappa shape index (κ3) is 2.89. The summed E-state index contributed by atoms with van der Waals surface area (Å²) in [5.41, 5.74) is 5.29. The van der Waals surface area contributed by atoms with E-state index in [2.05, 4.69) is 9.97 Å². The maximum absolute atomic E-state index is 13.8. The number of aromatic nitrogens is 2. The lowest BCUT2D eigenvalue weighted by atomic mass is 10.0. The molecule has 0 radical (unpaired) electrons. The molecule has 0 aliphatic rings. The number of rotatable bonds is 4. The summed E-state index contributed by atoms with van der Waals surface area (Å²) in [6.45, 7) is 0. The summed E-state index contributed by atoms with van der Waals surface area (Å²) in [5.74, 6) is -3.14. The first-order chi connectivity index (χ1) is 9.97. The highest BCUT2D eigenvalue weighted by molar-refractivity contribution is 5.35. The van der Waals surface area contributed by atoms with Crippen molar-refractivity contribution in [2.45, 2.75) is 6.04 Å². The average Bonchev–Trinajstić information content (AvgIpc) is 2.45. The van der Waals surface area contributed by atoms with Crippen molar-refractivity contribution in [3.05, 3.63) is 47.0 Å². The van der Waals surface area contributed by atoms with Crippen LogP contribution in [0.1, 0.15) is 17.3 Å². The van der Waals surface area contributed by atoms with Gasteiger partial charge in [0.2, 0.25) is 11.8 Å². The van der Waals surface area contributed by atoms with E-state index in [1.54, 1.807) is 0 Å². The Hall–Kier alpha value is -2.35. The van der Waals surface area contributed by atoms with E-state index >= 15 is 0 Å². The molecule has 0 fully saturated rings. The molecular formula is C13H12F3N3O2. The van der Waals surface area contributed by atoms with Gasteiger partial charge in [0.25, 0.3) is 0 Å². The molecule has 2 aromatic rings. The molecule has 112 valence electrons. The summed E-state index contributed by atoms with van der Waals surface area (Å²) in [5, 5.41) is 0. The maximum Gasteiger partial charge on any atom is 0.240 e. The molecule has 0 aliphatic heterocycles. The maximum atomic E-state index is 13.8. The lowest BCUT2D eigenvalue weighted by molar-refractivity contribution is 0.354. The fourth-order valence-corrected chi connectivity index (χ4v) is 1.82. The van der Waals surface area contributed by atoms with Crippen LogP contribution in [0.15, 0.2) is 18.3 Å². The molecule has 2 rings (SSSR count). The number of ether oxygens (including phenoxy) is 2. The Morgan fingerprint density at radius 3 is 2.24 bits per heavy atom. The number of methoxy groups -OCH3 is 2. The molecule has 1 aromatic carbocycles. The van der Waals surface area contributed by atoms with E-state index in [4.69, 9.17) is 15.2 Å². The summed E-state index contributed by atoms with van der Waals surface area (Å²) in [4.78, 5) is 7.86. The van der Waals surface area contributed by atoms with Gasteiger partial charge in [-0.15, -0.1) is 0 Å². The number of nitrogens with zero attached hydrogens (tertiary/aromatic N) is 2. The lowest BCUT2D eigenvalue weighted by Crippen LogP contribution is -2.19. The van der Waals surface area contributed by atoms with Crippen LogP contribution in [0.2, 0.25) is 0 Å². The van der Waals surface area contributed by atoms with Crippen molar-refractivity contribution in [2.75, 3.05) is 14.2 Å². The molecule has 0 bridgehead atoms. The molecule has 2 N–H and O–H groups in total.